The number of hydrogen-bond donors (Lipinski definition) is 1. The van der Waals surface area contributed by atoms with Crippen molar-refractivity contribution in [2.75, 3.05) is 7.11 Å². The Balaban J connectivity index is 3.11. The van der Waals surface area contributed by atoms with E-state index in [1.807, 2.05) is 32.9 Å². The first-order chi connectivity index (χ1) is 6.83. The van der Waals surface area contributed by atoms with Gasteiger partial charge >= 0.3 is 0 Å². The van der Waals surface area contributed by atoms with Crippen LogP contribution in [0, 0.1) is 6.92 Å². The lowest BCUT2D eigenvalue weighted by Gasteiger charge is -2.20. The van der Waals surface area contributed by atoms with Gasteiger partial charge < -0.3 is 10.5 Å². The van der Waals surface area contributed by atoms with E-state index >= 15 is 0 Å². The normalized spacial score (nSPS) is 11.6. The van der Waals surface area contributed by atoms with Crippen LogP contribution in [0.25, 0.3) is 0 Å². The van der Waals surface area contributed by atoms with Gasteiger partial charge in [0, 0.05) is 10.6 Å². The molecular formula is C12H18ClNO. The van der Waals surface area contributed by atoms with Crippen molar-refractivity contribution in [1.82, 2.24) is 0 Å². The van der Waals surface area contributed by atoms with Crippen LogP contribution in [-0.4, -0.2) is 12.6 Å². The van der Waals surface area contributed by atoms with Gasteiger partial charge in [0.1, 0.15) is 5.75 Å². The second-order valence-electron chi connectivity index (χ2n) is 4.56. The highest BCUT2D eigenvalue weighted by molar-refractivity contribution is 6.31. The second-order valence-corrected chi connectivity index (χ2v) is 4.97. The molecule has 0 heterocycles. The molecule has 84 valence electrons. The molecular weight excluding hydrogens is 210 g/mol. The third kappa shape index (κ3) is 3.40. The van der Waals surface area contributed by atoms with E-state index in [0.29, 0.717) is 0 Å². The molecule has 3 heteroatoms. The molecule has 0 spiro atoms. The summed E-state index contributed by atoms with van der Waals surface area (Å²) < 4.78 is 5.18. The van der Waals surface area contributed by atoms with Gasteiger partial charge in [-0.05, 0) is 50.5 Å². The van der Waals surface area contributed by atoms with Crippen LogP contribution in [0.1, 0.15) is 25.0 Å². The highest BCUT2D eigenvalue weighted by atomic mass is 35.5. The van der Waals surface area contributed by atoms with Crippen LogP contribution < -0.4 is 10.5 Å². The van der Waals surface area contributed by atoms with E-state index in [-0.39, 0.29) is 5.54 Å². The average molecular weight is 228 g/mol. The van der Waals surface area contributed by atoms with Crippen molar-refractivity contribution in [3.05, 3.63) is 28.3 Å². The van der Waals surface area contributed by atoms with E-state index in [1.54, 1.807) is 7.11 Å². The molecule has 0 bridgehead atoms. The predicted octanol–water partition coefficient (Wildman–Crippen LogP) is 2.94. The molecule has 0 aromatic heterocycles. The van der Waals surface area contributed by atoms with E-state index < -0.39 is 0 Å². The van der Waals surface area contributed by atoms with Gasteiger partial charge in [0.05, 0.1) is 7.11 Å². The molecule has 0 saturated carbocycles. The Hall–Kier alpha value is -0.730. The van der Waals surface area contributed by atoms with Crippen molar-refractivity contribution in [3.8, 4) is 5.75 Å². The molecule has 0 unspecified atom stereocenters. The minimum atomic E-state index is -0.236. The van der Waals surface area contributed by atoms with Crippen LogP contribution in [0.15, 0.2) is 12.1 Å². The molecule has 2 nitrogen and oxygen atoms in total. The standard InChI is InChI=1S/C12H18ClNO/c1-8-9(7-12(2,3)14)5-10(15-4)6-11(8)13/h5-6H,7,14H2,1-4H3. The lowest BCUT2D eigenvalue weighted by atomic mass is 9.93. The Labute approximate surface area is 96.4 Å². The number of halogens is 1. The van der Waals surface area contributed by atoms with Gasteiger partial charge in [-0.15, -0.1) is 0 Å². The fourth-order valence-corrected chi connectivity index (χ4v) is 1.73. The number of benzene rings is 1. The Kier molecular flexibility index (Phi) is 3.63. The van der Waals surface area contributed by atoms with Crippen LogP contribution in [-0.2, 0) is 6.42 Å². The summed E-state index contributed by atoms with van der Waals surface area (Å²) in [5, 5.41) is 0.730. The van der Waals surface area contributed by atoms with Crippen LogP contribution in [0.4, 0.5) is 0 Å². The summed E-state index contributed by atoms with van der Waals surface area (Å²) in [5.41, 5.74) is 7.98. The maximum atomic E-state index is 6.11. The molecule has 1 rings (SSSR count). The van der Waals surface area contributed by atoms with Crippen LogP contribution in [0.5, 0.6) is 5.75 Å². The molecule has 1 aromatic rings. The third-order valence-corrected chi connectivity index (χ3v) is 2.70. The smallest absolute Gasteiger partial charge is 0.120 e. The maximum absolute atomic E-state index is 6.11. The zero-order valence-electron chi connectivity index (χ0n) is 9.73. The Morgan fingerprint density at radius 1 is 1.40 bits per heavy atom. The number of rotatable bonds is 3. The summed E-state index contributed by atoms with van der Waals surface area (Å²) >= 11 is 6.11. The highest BCUT2D eigenvalue weighted by Gasteiger charge is 2.15. The topological polar surface area (TPSA) is 35.2 Å². The van der Waals surface area contributed by atoms with E-state index in [0.717, 1.165) is 28.3 Å². The molecule has 15 heavy (non-hydrogen) atoms. The molecule has 0 radical (unpaired) electrons. The first kappa shape index (κ1) is 12.3. The second kappa shape index (κ2) is 4.42. The van der Waals surface area contributed by atoms with Crippen molar-refractivity contribution >= 4 is 11.6 Å². The van der Waals surface area contributed by atoms with Crippen LogP contribution in [0.2, 0.25) is 5.02 Å². The first-order valence-electron chi connectivity index (χ1n) is 4.95. The quantitative estimate of drug-likeness (QED) is 0.862. The molecule has 0 aliphatic heterocycles. The summed E-state index contributed by atoms with van der Waals surface area (Å²) in [6, 6.07) is 3.82. The fraction of sp³-hybridized carbons (Fsp3) is 0.500. The lowest BCUT2D eigenvalue weighted by Crippen LogP contribution is -2.34. The third-order valence-electron chi connectivity index (χ3n) is 2.31. The minimum absolute atomic E-state index is 0.236. The van der Waals surface area contributed by atoms with Crippen molar-refractivity contribution in [2.45, 2.75) is 32.7 Å². The Morgan fingerprint density at radius 2 is 2.00 bits per heavy atom. The zero-order chi connectivity index (χ0) is 11.6. The molecule has 0 atom stereocenters. The molecule has 1 aromatic carbocycles. The SMILES string of the molecule is COc1cc(Cl)c(C)c(CC(C)(C)N)c1. The average Bonchev–Trinajstić information content (AvgIpc) is 2.10. The van der Waals surface area contributed by atoms with Gasteiger partial charge in [0.2, 0.25) is 0 Å². The van der Waals surface area contributed by atoms with Gasteiger partial charge in [-0.1, -0.05) is 11.6 Å². The molecule has 0 fully saturated rings. The molecule has 0 saturated heterocycles. The van der Waals surface area contributed by atoms with Gasteiger partial charge in [-0.3, -0.25) is 0 Å². The number of ether oxygens (including phenoxy) is 1. The number of nitrogens with two attached hydrogens (primary N) is 1. The van der Waals surface area contributed by atoms with E-state index in [4.69, 9.17) is 22.1 Å². The summed E-state index contributed by atoms with van der Waals surface area (Å²) in [7, 11) is 1.64. The predicted molar refractivity (Wildman–Crippen MR) is 64.7 cm³/mol. The molecule has 0 aliphatic rings. The Bertz CT molecular complexity index is 355. The summed E-state index contributed by atoms with van der Waals surface area (Å²) in [6.45, 7) is 6.00. The molecule has 0 amide bonds. The number of methoxy groups -OCH3 is 1. The maximum Gasteiger partial charge on any atom is 0.120 e. The monoisotopic (exact) mass is 227 g/mol. The zero-order valence-corrected chi connectivity index (χ0v) is 10.5. The summed E-state index contributed by atoms with van der Waals surface area (Å²) in [5.74, 6) is 0.782. The van der Waals surface area contributed by atoms with Gasteiger partial charge in [-0.2, -0.15) is 0 Å². The van der Waals surface area contributed by atoms with Crippen molar-refractivity contribution in [2.24, 2.45) is 5.73 Å². The van der Waals surface area contributed by atoms with Crippen molar-refractivity contribution < 1.29 is 4.74 Å². The highest BCUT2D eigenvalue weighted by Crippen LogP contribution is 2.27. The van der Waals surface area contributed by atoms with Crippen molar-refractivity contribution in [1.29, 1.82) is 0 Å². The molecule has 2 N–H and O–H groups in total. The Morgan fingerprint density at radius 3 is 2.47 bits per heavy atom. The first-order valence-corrected chi connectivity index (χ1v) is 5.33. The fourth-order valence-electron chi connectivity index (χ4n) is 1.50. The largest absolute Gasteiger partial charge is 0.497 e. The van der Waals surface area contributed by atoms with Crippen LogP contribution in [0.3, 0.4) is 0 Å². The van der Waals surface area contributed by atoms with E-state index in [9.17, 15) is 0 Å². The lowest BCUT2D eigenvalue weighted by molar-refractivity contribution is 0.413. The van der Waals surface area contributed by atoms with Gasteiger partial charge in [-0.25, -0.2) is 0 Å². The van der Waals surface area contributed by atoms with E-state index in [1.165, 1.54) is 0 Å². The van der Waals surface area contributed by atoms with Gasteiger partial charge in [0.15, 0.2) is 0 Å². The minimum Gasteiger partial charge on any atom is -0.497 e. The van der Waals surface area contributed by atoms with Crippen LogP contribution >= 0.6 is 11.6 Å². The molecule has 0 aliphatic carbocycles. The summed E-state index contributed by atoms with van der Waals surface area (Å²) in [6.07, 6.45) is 0.787. The van der Waals surface area contributed by atoms with Gasteiger partial charge in [0.25, 0.3) is 0 Å². The number of hydrogen-bond acceptors (Lipinski definition) is 2. The summed E-state index contributed by atoms with van der Waals surface area (Å²) in [4.78, 5) is 0. The van der Waals surface area contributed by atoms with Crippen molar-refractivity contribution in [3.63, 3.8) is 0 Å². The van der Waals surface area contributed by atoms with E-state index in [2.05, 4.69) is 0 Å².